The van der Waals surface area contributed by atoms with Crippen molar-refractivity contribution < 1.29 is 9.53 Å². The summed E-state index contributed by atoms with van der Waals surface area (Å²) in [5, 5.41) is 7.37. The molecule has 0 saturated carbocycles. The van der Waals surface area contributed by atoms with Crippen LogP contribution in [0.1, 0.15) is 28.9 Å². The van der Waals surface area contributed by atoms with Gasteiger partial charge in [-0.15, -0.1) is 0 Å². The third-order valence-corrected chi connectivity index (χ3v) is 4.58. The van der Waals surface area contributed by atoms with Crippen LogP contribution in [0.5, 0.6) is 5.75 Å². The molecule has 8 nitrogen and oxygen atoms in total. The Balaban J connectivity index is 1.50. The predicted molar refractivity (Wildman–Crippen MR) is 105 cm³/mol. The summed E-state index contributed by atoms with van der Waals surface area (Å²) in [6.45, 7) is 1.91. The van der Waals surface area contributed by atoms with Gasteiger partial charge in [0.15, 0.2) is 5.65 Å². The van der Waals surface area contributed by atoms with Gasteiger partial charge in [0.2, 0.25) is 0 Å². The van der Waals surface area contributed by atoms with Crippen LogP contribution in [-0.4, -0.2) is 37.3 Å². The van der Waals surface area contributed by atoms with E-state index in [9.17, 15) is 4.79 Å². The van der Waals surface area contributed by atoms with Crippen molar-refractivity contribution in [3.05, 3.63) is 66.4 Å². The summed E-state index contributed by atoms with van der Waals surface area (Å²) < 4.78 is 8.82. The van der Waals surface area contributed by atoms with E-state index in [2.05, 4.69) is 20.4 Å². The van der Waals surface area contributed by atoms with Gasteiger partial charge in [0.25, 0.3) is 5.91 Å². The standard InChI is InChI=1S/C20H20N6O2/c1-13(15-10-23-26(11-15)16-5-4-6-17(8-16)28-3)24-20(27)14-7-18-19(21-9-14)25(2)12-22-18/h4-13H,1-3H3,(H,24,27). The monoisotopic (exact) mass is 376 g/mol. The van der Waals surface area contributed by atoms with E-state index in [0.717, 1.165) is 22.6 Å². The van der Waals surface area contributed by atoms with Gasteiger partial charge in [0.05, 0.1) is 36.9 Å². The molecule has 0 aliphatic carbocycles. The number of methoxy groups -OCH3 is 1. The first-order valence-corrected chi connectivity index (χ1v) is 8.82. The molecule has 0 saturated heterocycles. The van der Waals surface area contributed by atoms with Gasteiger partial charge in [-0.05, 0) is 25.1 Å². The van der Waals surface area contributed by atoms with Crippen molar-refractivity contribution in [2.24, 2.45) is 7.05 Å². The van der Waals surface area contributed by atoms with Gasteiger partial charge in [0, 0.05) is 31.1 Å². The quantitative estimate of drug-likeness (QED) is 0.579. The minimum Gasteiger partial charge on any atom is -0.497 e. The molecule has 4 aromatic rings. The lowest BCUT2D eigenvalue weighted by Crippen LogP contribution is -2.26. The SMILES string of the molecule is COc1cccc(-n2cc(C(C)NC(=O)c3cnc4c(c3)ncn4C)cn2)c1. The topological polar surface area (TPSA) is 86.9 Å². The third kappa shape index (κ3) is 3.32. The average molecular weight is 376 g/mol. The minimum atomic E-state index is -0.216. The number of aromatic nitrogens is 5. The van der Waals surface area contributed by atoms with E-state index >= 15 is 0 Å². The van der Waals surface area contributed by atoms with Crippen LogP contribution in [0.25, 0.3) is 16.9 Å². The summed E-state index contributed by atoms with van der Waals surface area (Å²) in [5.41, 5.74) is 3.67. The van der Waals surface area contributed by atoms with Crippen molar-refractivity contribution in [2.75, 3.05) is 7.11 Å². The normalized spacial score (nSPS) is 12.1. The fraction of sp³-hybridized carbons (Fsp3) is 0.200. The molecule has 0 aliphatic heterocycles. The highest BCUT2D eigenvalue weighted by molar-refractivity contribution is 5.96. The second-order valence-electron chi connectivity index (χ2n) is 6.54. The zero-order valence-electron chi connectivity index (χ0n) is 15.8. The van der Waals surface area contributed by atoms with Crippen molar-refractivity contribution in [2.45, 2.75) is 13.0 Å². The lowest BCUT2D eigenvalue weighted by molar-refractivity contribution is 0.0939. The molecule has 8 heteroatoms. The summed E-state index contributed by atoms with van der Waals surface area (Å²) in [6.07, 6.45) is 6.87. The Hall–Kier alpha value is -3.68. The minimum absolute atomic E-state index is 0.207. The molecule has 4 rings (SSSR count). The number of carbonyl (C=O) groups is 1. The molecule has 0 spiro atoms. The molecule has 0 fully saturated rings. The Morgan fingerprint density at radius 2 is 2.07 bits per heavy atom. The van der Waals surface area contributed by atoms with Crippen LogP contribution in [0.4, 0.5) is 0 Å². The Labute approximate surface area is 161 Å². The molecule has 3 heterocycles. The van der Waals surface area contributed by atoms with Crippen molar-refractivity contribution in [1.29, 1.82) is 0 Å². The van der Waals surface area contributed by atoms with E-state index in [0.29, 0.717) is 11.1 Å². The maximum absolute atomic E-state index is 12.6. The summed E-state index contributed by atoms with van der Waals surface area (Å²) in [4.78, 5) is 21.2. The molecule has 142 valence electrons. The van der Waals surface area contributed by atoms with E-state index in [1.165, 1.54) is 0 Å². The lowest BCUT2D eigenvalue weighted by Gasteiger charge is -2.12. The number of carbonyl (C=O) groups excluding carboxylic acids is 1. The number of nitrogens with zero attached hydrogens (tertiary/aromatic N) is 5. The van der Waals surface area contributed by atoms with Crippen LogP contribution >= 0.6 is 0 Å². The second-order valence-corrected chi connectivity index (χ2v) is 6.54. The summed E-state index contributed by atoms with van der Waals surface area (Å²) in [6, 6.07) is 9.14. The van der Waals surface area contributed by atoms with Gasteiger partial charge in [-0.3, -0.25) is 4.79 Å². The van der Waals surface area contributed by atoms with Crippen molar-refractivity contribution in [3.8, 4) is 11.4 Å². The van der Waals surface area contributed by atoms with Crippen LogP contribution in [0.3, 0.4) is 0 Å². The number of amides is 1. The molecule has 1 amide bonds. The van der Waals surface area contributed by atoms with Gasteiger partial charge in [0.1, 0.15) is 11.3 Å². The van der Waals surface area contributed by atoms with Crippen LogP contribution in [0.2, 0.25) is 0 Å². The Kier molecular flexibility index (Phi) is 4.52. The van der Waals surface area contributed by atoms with Gasteiger partial charge >= 0.3 is 0 Å². The molecule has 0 bridgehead atoms. The number of pyridine rings is 1. The molecular formula is C20H20N6O2. The second kappa shape index (κ2) is 7.15. The number of rotatable bonds is 5. The summed E-state index contributed by atoms with van der Waals surface area (Å²) >= 11 is 0. The molecule has 1 N–H and O–H groups in total. The average Bonchev–Trinajstić information content (AvgIpc) is 3.35. The highest BCUT2D eigenvalue weighted by Crippen LogP contribution is 2.19. The number of aryl methyl sites for hydroxylation is 1. The molecule has 1 aromatic carbocycles. The van der Waals surface area contributed by atoms with E-state index in [4.69, 9.17) is 4.74 Å². The Morgan fingerprint density at radius 3 is 2.89 bits per heavy atom. The fourth-order valence-electron chi connectivity index (χ4n) is 2.96. The number of imidazole rings is 1. The molecular weight excluding hydrogens is 356 g/mol. The van der Waals surface area contributed by atoms with E-state index in [-0.39, 0.29) is 11.9 Å². The molecule has 28 heavy (non-hydrogen) atoms. The number of hydrogen-bond donors (Lipinski definition) is 1. The van der Waals surface area contributed by atoms with E-state index in [1.54, 1.807) is 36.6 Å². The van der Waals surface area contributed by atoms with Gasteiger partial charge in [-0.25, -0.2) is 14.6 Å². The third-order valence-electron chi connectivity index (χ3n) is 4.58. The largest absolute Gasteiger partial charge is 0.497 e. The first kappa shape index (κ1) is 17.7. The van der Waals surface area contributed by atoms with Gasteiger partial charge in [-0.2, -0.15) is 5.10 Å². The van der Waals surface area contributed by atoms with Crippen LogP contribution in [-0.2, 0) is 7.05 Å². The predicted octanol–water partition coefficient (Wildman–Crippen LogP) is 2.65. The van der Waals surface area contributed by atoms with E-state index < -0.39 is 0 Å². The van der Waals surface area contributed by atoms with E-state index in [1.807, 2.05) is 49.0 Å². The maximum atomic E-state index is 12.6. The highest BCUT2D eigenvalue weighted by atomic mass is 16.5. The number of hydrogen-bond acceptors (Lipinski definition) is 5. The summed E-state index contributed by atoms with van der Waals surface area (Å²) in [7, 11) is 3.49. The summed E-state index contributed by atoms with van der Waals surface area (Å²) in [5.74, 6) is 0.551. The molecule has 0 aliphatic rings. The fourth-order valence-corrected chi connectivity index (χ4v) is 2.96. The van der Waals surface area contributed by atoms with Crippen molar-refractivity contribution >= 4 is 17.1 Å². The first-order chi connectivity index (χ1) is 13.5. The van der Waals surface area contributed by atoms with Gasteiger partial charge in [-0.1, -0.05) is 6.07 Å². The smallest absolute Gasteiger partial charge is 0.253 e. The van der Waals surface area contributed by atoms with Crippen LogP contribution < -0.4 is 10.1 Å². The molecule has 3 aromatic heterocycles. The maximum Gasteiger partial charge on any atom is 0.253 e. The molecule has 0 radical (unpaired) electrons. The van der Waals surface area contributed by atoms with Crippen molar-refractivity contribution in [1.82, 2.24) is 29.6 Å². The zero-order chi connectivity index (χ0) is 19.7. The van der Waals surface area contributed by atoms with Crippen LogP contribution in [0.15, 0.2) is 55.2 Å². The Morgan fingerprint density at radius 1 is 1.21 bits per heavy atom. The number of fused-ring (bicyclic) bond motifs is 1. The molecule has 1 atom stereocenters. The van der Waals surface area contributed by atoms with Crippen LogP contribution in [0, 0.1) is 0 Å². The number of ether oxygens (including phenoxy) is 1. The van der Waals surface area contributed by atoms with Crippen molar-refractivity contribution in [3.63, 3.8) is 0 Å². The Bertz CT molecular complexity index is 1150. The lowest BCUT2D eigenvalue weighted by atomic mass is 10.1. The molecule has 1 unspecified atom stereocenters. The number of benzene rings is 1. The number of nitrogens with one attached hydrogen (secondary N) is 1. The van der Waals surface area contributed by atoms with Gasteiger partial charge < -0.3 is 14.6 Å². The highest BCUT2D eigenvalue weighted by Gasteiger charge is 2.15. The zero-order valence-corrected chi connectivity index (χ0v) is 15.8. The first-order valence-electron chi connectivity index (χ1n) is 8.82.